The van der Waals surface area contributed by atoms with E-state index in [0.717, 1.165) is 46.9 Å². The number of nitrogens with one attached hydrogen (secondary N) is 1. The molecule has 0 spiro atoms. The van der Waals surface area contributed by atoms with Gasteiger partial charge < -0.3 is 5.32 Å². The van der Waals surface area contributed by atoms with E-state index in [2.05, 4.69) is 34.0 Å². The molecule has 0 saturated carbocycles. The van der Waals surface area contributed by atoms with Crippen molar-refractivity contribution in [1.82, 2.24) is 19.9 Å². The summed E-state index contributed by atoms with van der Waals surface area (Å²) in [6.07, 6.45) is 5.05. The molecule has 1 aliphatic heterocycles. The van der Waals surface area contributed by atoms with E-state index in [4.69, 9.17) is 4.98 Å². The van der Waals surface area contributed by atoms with Gasteiger partial charge >= 0.3 is 0 Å². The van der Waals surface area contributed by atoms with Crippen LogP contribution in [0.15, 0.2) is 41.6 Å². The Hall–Kier alpha value is -2.69. The number of carbonyl (C=O) groups is 1. The lowest BCUT2D eigenvalue weighted by molar-refractivity contribution is -0.115. The SMILES string of the molecule is Cc1ncc(CN2Cc3sc(NC(=O)Cc4ccc(S(C)(=O)=O)cc4)nc3C2C(C)C)cn1. The van der Waals surface area contributed by atoms with Crippen LogP contribution >= 0.6 is 11.3 Å². The van der Waals surface area contributed by atoms with E-state index in [1.807, 2.05) is 19.3 Å². The summed E-state index contributed by atoms with van der Waals surface area (Å²) in [5.41, 5.74) is 2.84. The fourth-order valence-corrected chi connectivity index (χ4v) is 5.72. The van der Waals surface area contributed by atoms with Gasteiger partial charge in [0, 0.05) is 42.2 Å². The number of fused-ring (bicyclic) bond motifs is 1. The number of benzene rings is 1. The first kappa shape index (κ1) is 23.5. The van der Waals surface area contributed by atoms with Gasteiger partial charge in [0.25, 0.3) is 0 Å². The zero-order chi connectivity index (χ0) is 23.8. The minimum atomic E-state index is -3.25. The molecule has 1 aliphatic rings. The zero-order valence-electron chi connectivity index (χ0n) is 19.1. The van der Waals surface area contributed by atoms with Crippen molar-refractivity contribution in [3.05, 3.63) is 64.2 Å². The number of hydrogen-bond donors (Lipinski definition) is 1. The molecule has 1 amide bonds. The molecule has 3 heterocycles. The number of nitrogens with zero attached hydrogens (tertiary/aromatic N) is 4. The molecular formula is C23H27N5O3S2. The van der Waals surface area contributed by atoms with Crippen LogP contribution in [0.4, 0.5) is 5.13 Å². The molecule has 3 aromatic rings. The number of aryl methyl sites for hydroxylation is 1. The van der Waals surface area contributed by atoms with Crippen molar-refractivity contribution < 1.29 is 13.2 Å². The molecule has 4 rings (SSSR count). The van der Waals surface area contributed by atoms with E-state index in [9.17, 15) is 13.2 Å². The highest BCUT2D eigenvalue weighted by Gasteiger charge is 2.36. The lowest BCUT2D eigenvalue weighted by Gasteiger charge is -2.27. The Bertz CT molecular complexity index is 1250. The highest BCUT2D eigenvalue weighted by molar-refractivity contribution is 7.90. The van der Waals surface area contributed by atoms with Gasteiger partial charge in [-0.15, -0.1) is 11.3 Å². The van der Waals surface area contributed by atoms with Crippen molar-refractivity contribution in [3.63, 3.8) is 0 Å². The average Bonchev–Trinajstić information content (AvgIpc) is 3.25. The van der Waals surface area contributed by atoms with Crippen LogP contribution in [-0.4, -0.2) is 40.4 Å². The number of rotatable bonds is 7. The molecule has 0 bridgehead atoms. The summed E-state index contributed by atoms with van der Waals surface area (Å²) in [4.78, 5) is 29.7. The van der Waals surface area contributed by atoms with Gasteiger partial charge in [-0.2, -0.15) is 0 Å². The van der Waals surface area contributed by atoms with Gasteiger partial charge in [0.15, 0.2) is 15.0 Å². The molecule has 0 fully saturated rings. The summed E-state index contributed by atoms with van der Waals surface area (Å²) in [6.45, 7) is 7.74. The van der Waals surface area contributed by atoms with Crippen molar-refractivity contribution >= 4 is 32.2 Å². The molecule has 0 aliphatic carbocycles. The minimum Gasteiger partial charge on any atom is -0.302 e. The Balaban J connectivity index is 1.42. The van der Waals surface area contributed by atoms with Crippen LogP contribution < -0.4 is 5.32 Å². The number of amides is 1. The van der Waals surface area contributed by atoms with Crippen LogP contribution in [0, 0.1) is 12.8 Å². The fourth-order valence-electron chi connectivity index (χ4n) is 4.05. The molecule has 1 aromatic carbocycles. The molecular weight excluding hydrogens is 458 g/mol. The molecule has 1 N–H and O–H groups in total. The third kappa shape index (κ3) is 5.45. The minimum absolute atomic E-state index is 0.154. The summed E-state index contributed by atoms with van der Waals surface area (Å²) in [5, 5.41) is 3.51. The van der Waals surface area contributed by atoms with Crippen molar-refractivity contribution in [3.8, 4) is 0 Å². The number of anilines is 1. The van der Waals surface area contributed by atoms with Gasteiger partial charge in [0.2, 0.25) is 5.91 Å². The van der Waals surface area contributed by atoms with E-state index >= 15 is 0 Å². The van der Waals surface area contributed by atoms with E-state index < -0.39 is 9.84 Å². The van der Waals surface area contributed by atoms with Gasteiger partial charge in [-0.25, -0.2) is 23.4 Å². The smallest absolute Gasteiger partial charge is 0.230 e. The second-order valence-corrected chi connectivity index (χ2v) is 11.8. The van der Waals surface area contributed by atoms with Crippen LogP contribution in [0.25, 0.3) is 0 Å². The fraction of sp³-hybridized carbons (Fsp3) is 0.391. The first-order valence-corrected chi connectivity index (χ1v) is 13.4. The first-order chi connectivity index (χ1) is 15.6. The molecule has 1 atom stereocenters. The Morgan fingerprint density at radius 3 is 2.45 bits per heavy atom. The molecule has 10 heteroatoms. The van der Waals surface area contributed by atoms with Crippen LogP contribution in [0.1, 0.15) is 47.4 Å². The molecule has 8 nitrogen and oxygen atoms in total. The Morgan fingerprint density at radius 1 is 1.18 bits per heavy atom. The first-order valence-electron chi connectivity index (χ1n) is 10.7. The summed E-state index contributed by atoms with van der Waals surface area (Å²) >= 11 is 1.51. The maximum Gasteiger partial charge on any atom is 0.230 e. The Kier molecular flexibility index (Phi) is 6.60. The van der Waals surface area contributed by atoms with Crippen molar-refractivity contribution in [1.29, 1.82) is 0 Å². The predicted octanol–water partition coefficient (Wildman–Crippen LogP) is 3.54. The van der Waals surface area contributed by atoms with Crippen molar-refractivity contribution in [2.45, 2.75) is 51.2 Å². The van der Waals surface area contributed by atoms with Crippen LogP contribution in [0.3, 0.4) is 0 Å². The normalized spacial score (nSPS) is 16.2. The maximum absolute atomic E-state index is 12.6. The number of carbonyl (C=O) groups excluding carboxylic acids is 1. The predicted molar refractivity (Wildman–Crippen MR) is 128 cm³/mol. The van der Waals surface area contributed by atoms with Gasteiger partial charge in [-0.1, -0.05) is 26.0 Å². The van der Waals surface area contributed by atoms with Crippen molar-refractivity contribution in [2.75, 3.05) is 11.6 Å². The zero-order valence-corrected chi connectivity index (χ0v) is 20.7. The lowest BCUT2D eigenvalue weighted by atomic mass is 10.0. The highest BCUT2D eigenvalue weighted by Crippen LogP contribution is 2.43. The number of sulfone groups is 1. The molecule has 0 saturated heterocycles. The van der Waals surface area contributed by atoms with Crippen LogP contribution in [0.2, 0.25) is 0 Å². The average molecular weight is 486 g/mol. The van der Waals surface area contributed by atoms with E-state index in [1.165, 1.54) is 23.5 Å². The maximum atomic E-state index is 12.6. The third-order valence-corrected chi connectivity index (χ3v) is 7.66. The van der Waals surface area contributed by atoms with Gasteiger partial charge in [0.1, 0.15) is 5.82 Å². The second kappa shape index (κ2) is 9.28. The monoisotopic (exact) mass is 485 g/mol. The summed E-state index contributed by atoms with van der Waals surface area (Å²) in [6, 6.07) is 6.54. The third-order valence-electron chi connectivity index (χ3n) is 5.56. The van der Waals surface area contributed by atoms with E-state index in [0.29, 0.717) is 11.0 Å². The summed E-state index contributed by atoms with van der Waals surface area (Å²) < 4.78 is 23.2. The quantitative estimate of drug-likeness (QED) is 0.546. The topological polar surface area (TPSA) is 105 Å². The van der Waals surface area contributed by atoms with Gasteiger partial charge in [0.05, 0.1) is 23.1 Å². The van der Waals surface area contributed by atoms with E-state index in [-0.39, 0.29) is 23.3 Å². The molecule has 1 unspecified atom stereocenters. The van der Waals surface area contributed by atoms with E-state index in [1.54, 1.807) is 12.1 Å². The number of thiazole rings is 1. The standard InChI is InChI=1S/C23H27N5O3S2/c1-14(2)22-21-19(13-28(22)12-17-10-24-15(3)25-11-17)32-23(27-21)26-20(29)9-16-5-7-18(8-6-16)33(4,30)31/h5-8,10-11,14,22H,9,12-13H2,1-4H3,(H,26,27,29). The summed E-state index contributed by atoms with van der Waals surface area (Å²) in [7, 11) is -3.25. The molecule has 2 aromatic heterocycles. The van der Waals surface area contributed by atoms with Crippen LogP contribution in [-0.2, 0) is 34.1 Å². The molecule has 174 valence electrons. The Labute approximate surface area is 198 Å². The second-order valence-electron chi connectivity index (χ2n) is 8.70. The van der Waals surface area contributed by atoms with Gasteiger partial charge in [-0.3, -0.25) is 9.69 Å². The summed E-state index contributed by atoms with van der Waals surface area (Å²) in [5.74, 6) is 0.939. The van der Waals surface area contributed by atoms with Crippen LogP contribution in [0.5, 0.6) is 0 Å². The molecule has 0 radical (unpaired) electrons. The number of hydrogen-bond acceptors (Lipinski definition) is 8. The largest absolute Gasteiger partial charge is 0.302 e. The molecule has 33 heavy (non-hydrogen) atoms. The Morgan fingerprint density at radius 2 is 1.85 bits per heavy atom. The lowest BCUT2D eigenvalue weighted by Crippen LogP contribution is -2.26. The van der Waals surface area contributed by atoms with Crippen molar-refractivity contribution in [2.24, 2.45) is 5.92 Å². The highest BCUT2D eigenvalue weighted by atomic mass is 32.2. The number of aromatic nitrogens is 3. The van der Waals surface area contributed by atoms with Gasteiger partial charge in [-0.05, 0) is 30.5 Å².